The predicted octanol–water partition coefficient (Wildman–Crippen LogP) is -1.40. The van der Waals surface area contributed by atoms with Gasteiger partial charge in [0, 0.05) is 20.7 Å². The molecule has 10 heteroatoms. The summed E-state index contributed by atoms with van der Waals surface area (Å²) in [5, 5.41) is 11.1. The molecule has 102 valence electrons. The summed E-state index contributed by atoms with van der Waals surface area (Å²) in [6.07, 6.45) is 1.31. The summed E-state index contributed by atoms with van der Waals surface area (Å²) in [7, 11) is -0.738. The monoisotopic (exact) mass is 276 g/mol. The molecule has 0 spiro atoms. The second kappa shape index (κ2) is 5.80. The smallest absolute Gasteiger partial charge is 0.300 e. The fourth-order valence-corrected chi connectivity index (χ4v) is 2.12. The van der Waals surface area contributed by atoms with Gasteiger partial charge < -0.3 is 10.5 Å². The molecule has 0 aromatic carbocycles. The van der Waals surface area contributed by atoms with Gasteiger partial charge in [0.2, 0.25) is 0 Å². The van der Waals surface area contributed by atoms with Crippen molar-refractivity contribution < 1.29 is 13.2 Å². The van der Waals surface area contributed by atoms with Crippen molar-refractivity contribution in [3.63, 3.8) is 0 Å². The van der Waals surface area contributed by atoms with E-state index >= 15 is 0 Å². The number of methoxy groups -OCH3 is 1. The zero-order chi connectivity index (χ0) is 13.8. The number of nitrogens with two attached hydrogens (primary N) is 1. The highest BCUT2D eigenvalue weighted by molar-refractivity contribution is 7.90. The van der Waals surface area contributed by atoms with Crippen LogP contribution in [0.15, 0.2) is 6.20 Å². The van der Waals surface area contributed by atoms with Crippen LogP contribution in [0.3, 0.4) is 0 Å². The molecule has 1 heterocycles. The maximum absolute atomic E-state index is 11.7. The molecule has 5 N–H and O–H groups in total. The van der Waals surface area contributed by atoms with Gasteiger partial charge in [0.25, 0.3) is 10.2 Å². The molecule has 0 aliphatic heterocycles. The van der Waals surface area contributed by atoms with E-state index in [2.05, 4.69) is 14.5 Å². The minimum absolute atomic E-state index is 0.132. The minimum Gasteiger partial charge on any atom is -0.384 e. The second-order valence-electron chi connectivity index (χ2n) is 3.44. The van der Waals surface area contributed by atoms with Gasteiger partial charge in [-0.05, 0) is 0 Å². The first-order valence-corrected chi connectivity index (χ1v) is 6.48. The Kier molecular flexibility index (Phi) is 4.64. The number of amidine groups is 1. The summed E-state index contributed by atoms with van der Waals surface area (Å²) in [6.45, 7) is 0.394. The number of nitrogen functional groups attached to an aromatic ring is 1. The van der Waals surface area contributed by atoms with Crippen molar-refractivity contribution in [2.45, 2.75) is 0 Å². The molecule has 9 nitrogen and oxygen atoms in total. The van der Waals surface area contributed by atoms with Crippen LogP contribution in [0, 0.1) is 5.41 Å². The van der Waals surface area contributed by atoms with Gasteiger partial charge in [-0.15, -0.1) is 0 Å². The molecule has 1 rings (SSSR count). The first kappa shape index (κ1) is 14.4. The Labute approximate surface area is 105 Å². The van der Waals surface area contributed by atoms with Crippen LogP contribution >= 0.6 is 0 Å². The molecule has 1 aromatic rings. The van der Waals surface area contributed by atoms with E-state index in [4.69, 9.17) is 15.9 Å². The van der Waals surface area contributed by atoms with Crippen molar-refractivity contribution in [1.82, 2.24) is 14.5 Å². The Hall–Kier alpha value is -1.65. The summed E-state index contributed by atoms with van der Waals surface area (Å²) in [4.78, 5) is 0. The predicted molar refractivity (Wildman–Crippen MR) is 66.6 cm³/mol. The molecule has 0 radical (unpaired) electrons. The van der Waals surface area contributed by atoms with Crippen molar-refractivity contribution >= 4 is 21.9 Å². The average molecular weight is 276 g/mol. The number of ether oxygens (including phenoxy) is 1. The van der Waals surface area contributed by atoms with E-state index in [1.807, 2.05) is 0 Å². The number of nitrogens with zero attached hydrogens (tertiary/aromatic N) is 2. The number of hydrogen-bond donors (Lipinski definition) is 4. The van der Waals surface area contributed by atoms with Gasteiger partial charge in [0.05, 0.1) is 18.4 Å². The zero-order valence-corrected chi connectivity index (χ0v) is 10.9. The van der Waals surface area contributed by atoms with E-state index in [0.717, 1.165) is 0 Å². The molecule has 18 heavy (non-hydrogen) atoms. The Morgan fingerprint density at radius 1 is 1.67 bits per heavy atom. The first-order chi connectivity index (χ1) is 8.37. The van der Waals surface area contributed by atoms with Crippen molar-refractivity contribution in [2.75, 3.05) is 25.0 Å². The maximum atomic E-state index is 11.7. The van der Waals surface area contributed by atoms with Crippen LogP contribution in [-0.2, 0) is 22.0 Å². The number of rotatable bonds is 7. The highest BCUT2D eigenvalue weighted by atomic mass is 32.2. The van der Waals surface area contributed by atoms with Crippen molar-refractivity contribution in [3.05, 3.63) is 11.8 Å². The van der Waals surface area contributed by atoms with Gasteiger partial charge in [-0.25, -0.2) is 0 Å². The summed E-state index contributed by atoms with van der Waals surface area (Å²) >= 11 is 0. The number of aryl methyl sites for hydroxylation is 1. The highest BCUT2D eigenvalue weighted by Gasteiger charge is 2.17. The first-order valence-electron chi connectivity index (χ1n) is 5.00. The van der Waals surface area contributed by atoms with Gasteiger partial charge in [0.1, 0.15) is 11.7 Å². The zero-order valence-electron chi connectivity index (χ0n) is 10.1. The number of anilines is 1. The quantitative estimate of drug-likeness (QED) is 0.276. The Morgan fingerprint density at radius 2 is 2.33 bits per heavy atom. The van der Waals surface area contributed by atoms with E-state index in [0.29, 0.717) is 0 Å². The van der Waals surface area contributed by atoms with E-state index in [-0.39, 0.29) is 30.4 Å². The molecule has 0 amide bonds. The topological polar surface area (TPSA) is 135 Å². The van der Waals surface area contributed by atoms with Crippen LogP contribution in [0.1, 0.15) is 5.56 Å². The summed E-state index contributed by atoms with van der Waals surface area (Å²) < 4.78 is 33.9. The Morgan fingerprint density at radius 3 is 2.89 bits per heavy atom. The van der Waals surface area contributed by atoms with E-state index in [1.54, 1.807) is 7.05 Å². The van der Waals surface area contributed by atoms with Crippen molar-refractivity contribution in [2.24, 2.45) is 12.8 Å². The van der Waals surface area contributed by atoms with E-state index in [1.165, 1.54) is 18.0 Å². The van der Waals surface area contributed by atoms with Gasteiger partial charge in [0.15, 0.2) is 0 Å². The average Bonchev–Trinajstić information content (AvgIpc) is 2.60. The van der Waals surface area contributed by atoms with Crippen molar-refractivity contribution in [1.29, 1.82) is 5.41 Å². The Balaban J connectivity index is 2.84. The van der Waals surface area contributed by atoms with Gasteiger partial charge in [-0.1, -0.05) is 0 Å². The third-order valence-corrected chi connectivity index (χ3v) is 3.10. The molecule has 0 bridgehead atoms. The Bertz CT molecular complexity index is 523. The number of nitrogens with one attached hydrogen (secondary N) is 3. The van der Waals surface area contributed by atoms with E-state index in [9.17, 15) is 8.42 Å². The molecular formula is C8H16N6O3S. The van der Waals surface area contributed by atoms with Gasteiger partial charge in [-0.2, -0.15) is 18.2 Å². The van der Waals surface area contributed by atoms with Crippen LogP contribution in [-0.4, -0.2) is 44.3 Å². The van der Waals surface area contributed by atoms with Gasteiger partial charge in [-0.3, -0.25) is 14.8 Å². The second-order valence-corrected chi connectivity index (χ2v) is 4.94. The van der Waals surface area contributed by atoms with Crippen LogP contribution in [0.2, 0.25) is 0 Å². The molecule has 0 fully saturated rings. The SMILES string of the molecule is COCCNS(=O)(=O)Nc1c(C(=N)N)cnn1C. The normalized spacial score (nSPS) is 11.4. The molecular weight excluding hydrogens is 260 g/mol. The molecule has 0 unspecified atom stereocenters. The lowest BCUT2D eigenvalue weighted by molar-refractivity contribution is 0.204. The van der Waals surface area contributed by atoms with Crippen LogP contribution < -0.4 is 15.2 Å². The van der Waals surface area contributed by atoms with E-state index < -0.39 is 10.2 Å². The van der Waals surface area contributed by atoms with Crippen LogP contribution in [0.5, 0.6) is 0 Å². The van der Waals surface area contributed by atoms with Gasteiger partial charge >= 0.3 is 0 Å². The van der Waals surface area contributed by atoms with Crippen molar-refractivity contribution in [3.8, 4) is 0 Å². The number of aromatic nitrogens is 2. The molecule has 1 aromatic heterocycles. The van der Waals surface area contributed by atoms with Crippen LogP contribution in [0.4, 0.5) is 5.82 Å². The minimum atomic E-state index is -3.75. The molecule has 0 atom stereocenters. The summed E-state index contributed by atoms with van der Waals surface area (Å²) in [5.74, 6) is -0.134. The standard InChI is InChI=1S/C8H16N6O3S/c1-14-8(6(5-11-14)7(9)10)13-18(15,16)12-3-4-17-2/h5,12-13H,3-4H2,1-2H3,(H3,9,10). The summed E-state index contributed by atoms with van der Waals surface area (Å²) in [6, 6.07) is 0. The molecule has 0 aliphatic rings. The lowest BCUT2D eigenvalue weighted by Crippen LogP contribution is -2.33. The fraction of sp³-hybridized carbons (Fsp3) is 0.500. The fourth-order valence-electron chi connectivity index (χ4n) is 1.20. The molecule has 0 saturated heterocycles. The third kappa shape index (κ3) is 3.68. The lowest BCUT2D eigenvalue weighted by atomic mass is 10.3. The van der Waals surface area contributed by atoms with Crippen LogP contribution in [0.25, 0.3) is 0 Å². The molecule has 0 saturated carbocycles. The largest absolute Gasteiger partial charge is 0.384 e. The maximum Gasteiger partial charge on any atom is 0.300 e. The number of hydrogen-bond acceptors (Lipinski definition) is 5. The lowest BCUT2D eigenvalue weighted by Gasteiger charge is -2.10. The highest BCUT2D eigenvalue weighted by Crippen LogP contribution is 2.14. The third-order valence-electron chi connectivity index (χ3n) is 2.06. The summed E-state index contributed by atoms with van der Waals surface area (Å²) in [5.41, 5.74) is 5.54. The molecule has 0 aliphatic carbocycles.